The number of pyridine rings is 3. The van der Waals surface area contributed by atoms with Crippen LogP contribution in [0.25, 0.3) is 11.2 Å². The van der Waals surface area contributed by atoms with Gasteiger partial charge in [0.15, 0.2) is 11.3 Å². The lowest BCUT2D eigenvalue weighted by molar-refractivity contribution is -0.139. The molecule has 1 saturated heterocycles. The van der Waals surface area contributed by atoms with Crippen molar-refractivity contribution in [2.24, 2.45) is 0 Å². The maximum absolute atomic E-state index is 14.1. The average Bonchev–Trinajstić information content (AvgIpc) is 3.51. The maximum Gasteiger partial charge on any atom is 0.418 e. The highest BCUT2D eigenvalue weighted by Gasteiger charge is 2.36. The standard InChI is InChI=1S/C30H34F3N9O2/c1-3-20-16-42(17-21-13-22(15-36-27(20)21)44-25-5-6-34-29-28(25)37-39-38-29)26(43)12-19-11-23(30(31,32)33)24(35-14-19)18-41-9-7-40(4-2)8-10-41/h5-6,11,13-15,20H,3-4,7-10,12,16-18H2,1-2H3,(H,34,37,38,39). The van der Waals surface area contributed by atoms with Crippen molar-refractivity contribution in [3.63, 3.8) is 0 Å². The quantitative estimate of drug-likeness (QED) is 0.314. The van der Waals surface area contributed by atoms with Gasteiger partial charge in [0.05, 0.1) is 29.6 Å². The van der Waals surface area contributed by atoms with E-state index in [9.17, 15) is 18.0 Å². The Balaban J connectivity index is 1.17. The highest BCUT2D eigenvalue weighted by Crippen LogP contribution is 2.35. The zero-order chi connectivity index (χ0) is 30.8. The van der Waals surface area contributed by atoms with Gasteiger partial charge in [-0.25, -0.2) is 4.98 Å². The largest absolute Gasteiger partial charge is 0.453 e. The monoisotopic (exact) mass is 609 g/mol. The molecule has 4 aromatic rings. The summed E-state index contributed by atoms with van der Waals surface area (Å²) in [5, 5.41) is 10.6. The highest BCUT2D eigenvalue weighted by molar-refractivity contribution is 5.79. The first-order valence-corrected chi connectivity index (χ1v) is 14.8. The van der Waals surface area contributed by atoms with Crippen LogP contribution >= 0.6 is 0 Å². The summed E-state index contributed by atoms with van der Waals surface area (Å²) in [6.45, 7) is 8.87. The first-order valence-electron chi connectivity index (χ1n) is 14.8. The number of piperazine rings is 1. The summed E-state index contributed by atoms with van der Waals surface area (Å²) in [6, 6.07) is 4.61. The van der Waals surface area contributed by atoms with Crippen molar-refractivity contribution in [1.29, 1.82) is 0 Å². The fraction of sp³-hybridized carbons (Fsp3) is 0.467. The number of hydrogen-bond acceptors (Lipinski definition) is 9. The highest BCUT2D eigenvalue weighted by atomic mass is 19.4. The number of alkyl halides is 3. The number of aromatic amines is 1. The molecular formula is C30H34F3N9O2. The third kappa shape index (κ3) is 6.36. The van der Waals surface area contributed by atoms with E-state index in [4.69, 9.17) is 4.74 Å². The zero-order valence-corrected chi connectivity index (χ0v) is 24.6. The number of H-pyrrole nitrogens is 1. The number of rotatable bonds is 8. The van der Waals surface area contributed by atoms with E-state index in [1.165, 1.54) is 6.20 Å². The number of carbonyl (C=O) groups excluding carboxylic acids is 1. The number of nitrogens with zero attached hydrogens (tertiary/aromatic N) is 8. The van der Waals surface area contributed by atoms with Crippen molar-refractivity contribution in [2.45, 2.75) is 51.9 Å². The van der Waals surface area contributed by atoms with Crippen molar-refractivity contribution in [1.82, 2.24) is 45.1 Å². The van der Waals surface area contributed by atoms with Crippen molar-refractivity contribution in [3.8, 4) is 11.5 Å². The summed E-state index contributed by atoms with van der Waals surface area (Å²) in [5.74, 6) is 0.645. The van der Waals surface area contributed by atoms with Gasteiger partial charge >= 0.3 is 6.18 Å². The fourth-order valence-corrected chi connectivity index (χ4v) is 5.89. The zero-order valence-electron chi connectivity index (χ0n) is 24.6. The molecule has 0 aromatic carbocycles. The van der Waals surface area contributed by atoms with Gasteiger partial charge in [-0.1, -0.05) is 13.8 Å². The predicted octanol–water partition coefficient (Wildman–Crippen LogP) is 4.17. The Hall–Kier alpha value is -4.17. The number of ether oxygens (including phenoxy) is 1. The van der Waals surface area contributed by atoms with Crippen LogP contribution in [0.5, 0.6) is 11.5 Å². The van der Waals surface area contributed by atoms with Crippen molar-refractivity contribution in [3.05, 3.63) is 64.9 Å². The molecule has 6 rings (SSSR count). The number of hydrogen-bond donors (Lipinski definition) is 1. The molecule has 1 N–H and O–H groups in total. The van der Waals surface area contributed by atoms with E-state index >= 15 is 0 Å². The van der Waals surface area contributed by atoms with Gasteiger partial charge in [-0.2, -0.15) is 23.5 Å². The van der Waals surface area contributed by atoms with Crippen molar-refractivity contribution >= 4 is 17.1 Å². The molecule has 1 unspecified atom stereocenters. The summed E-state index contributed by atoms with van der Waals surface area (Å²) in [6.07, 6.45) is 0.613. The van der Waals surface area contributed by atoms with Crippen LogP contribution in [0.15, 0.2) is 36.8 Å². The van der Waals surface area contributed by atoms with Crippen LogP contribution in [0.3, 0.4) is 0 Å². The Morgan fingerprint density at radius 2 is 1.84 bits per heavy atom. The molecule has 1 amide bonds. The molecule has 11 nitrogen and oxygen atoms in total. The second-order valence-electron chi connectivity index (χ2n) is 11.2. The number of likely N-dealkylation sites (N-methyl/N-ethyl adjacent to an activating group) is 1. The minimum absolute atomic E-state index is 0.00714. The van der Waals surface area contributed by atoms with Gasteiger partial charge in [0.25, 0.3) is 0 Å². The first-order chi connectivity index (χ1) is 21.2. The Kier molecular flexibility index (Phi) is 8.45. The minimum Gasteiger partial charge on any atom is -0.453 e. The minimum atomic E-state index is -4.57. The number of nitrogens with one attached hydrogen (secondary N) is 1. The van der Waals surface area contributed by atoms with Gasteiger partial charge in [-0.3, -0.25) is 19.7 Å². The van der Waals surface area contributed by atoms with Gasteiger partial charge in [0.2, 0.25) is 11.6 Å². The molecule has 2 aliphatic heterocycles. The predicted molar refractivity (Wildman–Crippen MR) is 155 cm³/mol. The number of aromatic nitrogens is 6. The fourth-order valence-electron chi connectivity index (χ4n) is 5.89. The van der Waals surface area contributed by atoms with Gasteiger partial charge in [-0.15, -0.1) is 5.10 Å². The Bertz CT molecular complexity index is 1640. The number of amides is 1. The first kappa shape index (κ1) is 29.9. The molecule has 0 aliphatic carbocycles. The summed E-state index contributed by atoms with van der Waals surface area (Å²) in [5.41, 5.74) is 2.06. The van der Waals surface area contributed by atoms with Crippen LogP contribution in [-0.2, 0) is 30.5 Å². The Morgan fingerprint density at radius 3 is 2.59 bits per heavy atom. The third-order valence-corrected chi connectivity index (χ3v) is 8.40. The molecule has 6 heterocycles. The van der Waals surface area contributed by atoms with Crippen LogP contribution < -0.4 is 4.74 Å². The Labute approximate surface area is 252 Å². The summed E-state index contributed by atoms with van der Waals surface area (Å²) in [4.78, 5) is 32.4. The lowest BCUT2D eigenvalue weighted by atomic mass is 9.92. The van der Waals surface area contributed by atoms with Crippen LogP contribution in [0.2, 0.25) is 0 Å². The SMILES string of the molecule is CCC1CN(C(=O)Cc2cnc(CN3CCN(CC)CC3)c(C(F)(F)F)c2)Cc2cc(Oc3ccnc4n[nH]nc34)cnc21. The molecule has 1 fully saturated rings. The molecule has 1 atom stereocenters. The smallest absolute Gasteiger partial charge is 0.418 e. The second kappa shape index (κ2) is 12.4. The molecule has 0 spiro atoms. The maximum atomic E-state index is 14.1. The number of carbonyl (C=O) groups is 1. The normalized spacial score (nSPS) is 18.0. The number of halogens is 3. The molecule has 14 heteroatoms. The van der Waals surface area contributed by atoms with Gasteiger partial charge in [0.1, 0.15) is 5.75 Å². The summed E-state index contributed by atoms with van der Waals surface area (Å²) < 4.78 is 48.4. The molecule has 44 heavy (non-hydrogen) atoms. The second-order valence-corrected chi connectivity index (χ2v) is 11.2. The molecular weight excluding hydrogens is 575 g/mol. The molecule has 4 aromatic heterocycles. The molecule has 2 aliphatic rings. The third-order valence-electron chi connectivity index (χ3n) is 8.40. The van der Waals surface area contributed by atoms with Crippen LogP contribution in [0.1, 0.15) is 54.3 Å². The summed E-state index contributed by atoms with van der Waals surface area (Å²) in [7, 11) is 0. The van der Waals surface area contributed by atoms with E-state index in [1.54, 1.807) is 23.4 Å². The van der Waals surface area contributed by atoms with Gasteiger partial charge in [-0.05, 0) is 36.2 Å². The number of fused-ring (bicyclic) bond motifs is 2. The average molecular weight is 610 g/mol. The Morgan fingerprint density at radius 1 is 1.05 bits per heavy atom. The van der Waals surface area contributed by atoms with Crippen molar-refractivity contribution in [2.75, 3.05) is 39.3 Å². The molecule has 0 radical (unpaired) electrons. The molecule has 232 valence electrons. The van der Waals surface area contributed by atoms with E-state index in [1.807, 2.05) is 17.9 Å². The van der Waals surface area contributed by atoms with E-state index in [-0.39, 0.29) is 42.6 Å². The van der Waals surface area contributed by atoms with Crippen LogP contribution in [-0.4, -0.2) is 90.2 Å². The molecule has 0 bridgehead atoms. The van der Waals surface area contributed by atoms with Crippen LogP contribution in [0, 0.1) is 0 Å². The van der Waals surface area contributed by atoms with E-state index in [2.05, 4.69) is 42.2 Å². The van der Waals surface area contributed by atoms with E-state index in [0.29, 0.717) is 42.3 Å². The lowest BCUT2D eigenvalue weighted by Crippen LogP contribution is -2.45. The topological polar surface area (TPSA) is 116 Å². The van der Waals surface area contributed by atoms with E-state index < -0.39 is 11.7 Å². The summed E-state index contributed by atoms with van der Waals surface area (Å²) >= 11 is 0. The lowest BCUT2D eigenvalue weighted by Gasteiger charge is -2.34. The molecule has 0 saturated carbocycles. The van der Waals surface area contributed by atoms with Gasteiger partial charge in [0, 0.05) is 70.2 Å². The van der Waals surface area contributed by atoms with Crippen LogP contribution in [0.4, 0.5) is 13.2 Å². The van der Waals surface area contributed by atoms with E-state index in [0.717, 1.165) is 43.4 Å². The van der Waals surface area contributed by atoms with Gasteiger partial charge < -0.3 is 14.5 Å². The van der Waals surface area contributed by atoms with Crippen molar-refractivity contribution < 1.29 is 22.7 Å².